The van der Waals surface area contributed by atoms with Crippen molar-refractivity contribution in [1.82, 2.24) is 9.78 Å². The molecule has 0 radical (unpaired) electrons. The first kappa shape index (κ1) is 12.5. The molecule has 0 bridgehead atoms. The monoisotopic (exact) mass is 303 g/mol. The third kappa shape index (κ3) is 2.84. The molecule has 0 saturated carbocycles. The molecule has 0 amide bonds. The molecule has 2 heterocycles. The fraction of sp³-hybridized carbons (Fsp3) is 0.700. The van der Waals surface area contributed by atoms with E-state index < -0.39 is 4.92 Å². The number of ether oxygens (including phenoxy) is 1. The van der Waals surface area contributed by atoms with Crippen molar-refractivity contribution in [1.29, 1.82) is 0 Å². The van der Waals surface area contributed by atoms with Gasteiger partial charge in [0.15, 0.2) is 0 Å². The minimum absolute atomic E-state index is 0.0800. The van der Waals surface area contributed by atoms with Crippen LogP contribution in [-0.2, 0) is 11.3 Å². The highest BCUT2D eigenvalue weighted by atomic mass is 79.9. The zero-order chi connectivity index (χ0) is 12.6. The van der Waals surface area contributed by atoms with Gasteiger partial charge in [0.25, 0.3) is 0 Å². The second-order valence-corrected chi connectivity index (χ2v) is 5.67. The van der Waals surface area contributed by atoms with Crippen molar-refractivity contribution in [3.8, 4) is 0 Å². The van der Waals surface area contributed by atoms with Crippen molar-refractivity contribution in [2.75, 3.05) is 0 Å². The Morgan fingerprint density at radius 1 is 1.76 bits per heavy atom. The van der Waals surface area contributed by atoms with Gasteiger partial charge < -0.3 is 14.9 Å². The van der Waals surface area contributed by atoms with Gasteiger partial charge in [0, 0.05) is 0 Å². The van der Waals surface area contributed by atoms with Crippen molar-refractivity contribution in [2.24, 2.45) is 0 Å². The average molecular weight is 304 g/mol. The second-order valence-electron chi connectivity index (χ2n) is 4.82. The summed E-state index contributed by atoms with van der Waals surface area (Å²) in [6.07, 6.45) is 3.66. The van der Waals surface area contributed by atoms with Crippen LogP contribution in [0.5, 0.6) is 0 Å². The molecule has 1 atom stereocenters. The van der Waals surface area contributed by atoms with Gasteiger partial charge >= 0.3 is 5.82 Å². The van der Waals surface area contributed by atoms with E-state index in [1.54, 1.807) is 10.9 Å². The molecule has 1 aliphatic rings. The Morgan fingerprint density at radius 2 is 2.47 bits per heavy atom. The van der Waals surface area contributed by atoms with Crippen LogP contribution in [0.1, 0.15) is 26.7 Å². The highest BCUT2D eigenvalue weighted by Crippen LogP contribution is 2.30. The van der Waals surface area contributed by atoms with Crippen LogP contribution >= 0.6 is 15.9 Å². The van der Waals surface area contributed by atoms with Gasteiger partial charge in [-0.2, -0.15) is 4.68 Å². The van der Waals surface area contributed by atoms with E-state index in [1.165, 1.54) is 0 Å². The molecule has 1 fully saturated rings. The summed E-state index contributed by atoms with van der Waals surface area (Å²) in [4.78, 5) is 10.1. The summed E-state index contributed by atoms with van der Waals surface area (Å²) < 4.78 is 7.78. The molecule has 1 aromatic heterocycles. The van der Waals surface area contributed by atoms with Crippen LogP contribution in [0.25, 0.3) is 0 Å². The third-order valence-corrected chi connectivity index (χ3v) is 3.38. The zero-order valence-corrected chi connectivity index (χ0v) is 11.3. The number of halogens is 1. The lowest BCUT2D eigenvalue weighted by Gasteiger charge is -2.18. The zero-order valence-electron chi connectivity index (χ0n) is 9.72. The Morgan fingerprint density at radius 3 is 2.94 bits per heavy atom. The highest BCUT2D eigenvalue weighted by Gasteiger charge is 2.33. The van der Waals surface area contributed by atoms with E-state index in [2.05, 4.69) is 34.9 Å². The minimum atomic E-state index is -0.500. The first-order valence-electron chi connectivity index (χ1n) is 5.42. The summed E-state index contributed by atoms with van der Waals surface area (Å²) in [6.45, 7) is 4.65. The fourth-order valence-electron chi connectivity index (χ4n) is 2.02. The van der Waals surface area contributed by atoms with Gasteiger partial charge in [-0.1, -0.05) is 0 Å². The number of hydrogen-bond acceptors (Lipinski definition) is 4. The van der Waals surface area contributed by atoms with Gasteiger partial charge in [-0.3, -0.25) is 0 Å². The molecule has 94 valence electrons. The van der Waals surface area contributed by atoms with E-state index in [1.807, 2.05) is 0 Å². The van der Waals surface area contributed by atoms with Crippen LogP contribution in [0.2, 0.25) is 0 Å². The molecular weight excluding hydrogens is 290 g/mol. The van der Waals surface area contributed by atoms with Crippen LogP contribution in [0.4, 0.5) is 5.82 Å². The smallest absolute Gasteiger partial charge is 0.370 e. The summed E-state index contributed by atoms with van der Waals surface area (Å²) >= 11 is 3.12. The second kappa shape index (κ2) is 4.38. The molecule has 17 heavy (non-hydrogen) atoms. The average Bonchev–Trinajstić information content (AvgIpc) is 2.70. The Kier molecular flexibility index (Phi) is 3.22. The number of nitrogens with zero attached hydrogens (tertiary/aromatic N) is 3. The van der Waals surface area contributed by atoms with Crippen molar-refractivity contribution in [3.05, 3.63) is 20.8 Å². The maximum absolute atomic E-state index is 10.6. The van der Waals surface area contributed by atoms with Crippen molar-refractivity contribution >= 4 is 21.7 Å². The van der Waals surface area contributed by atoms with E-state index in [4.69, 9.17) is 4.74 Å². The predicted molar refractivity (Wildman–Crippen MR) is 64.8 cm³/mol. The molecule has 6 nitrogen and oxygen atoms in total. The summed E-state index contributed by atoms with van der Waals surface area (Å²) in [6, 6.07) is 0. The minimum Gasteiger partial charge on any atom is -0.370 e. The molecule has 0 aromatic carbocycles. The molecule has 0 spiro atoms. The SMILES string of the molecule is CC1(C)CCC(Cn2cc(Br)c([N+](=O)[O-])n2)O1. The van der Waals surface area contributed by atoms with Gasteiger partial charge in [0.05, 0.1) is 29.5 Å². The van der Waals surface area contributed by atoms with Gasteiger partial charge in [-0.25, -0.2) is 0 Å². The van der Waals surface area contributed by atoms with Crippen LogP contribution in [0.15, 0.2) is 10.7 Å². The van der Waals surface area contributed by atoms with E-state index in [9.17, 15) is 10.1 Å². The number of hydrogen-bond donors (Lipinski definition) is 0. The van der Waals surface area contributed by atoms with Crippen LogP contribution in [0.3, 0.4) is 0 Å². The quantitative estimate of drug-likeness (QED) is 0.635. The fourth-order valence-corrected chi connectivity index (χ4v) is 2.48. The van der Waals surface area contributed by atoms with Gasteiger partial charge in [-0.05, 0) is 47.5 Å². The lowest BCUT2D eigenvalue weighted by molar-refractivity contribution is -0.390. The molecular formula is C10H14BrN3O3. The lowest BCUT2D eigenvalue weighted by atomic mass is 10.1. The molecule has 1 saturated heterocycles. The van der Waals surface area contributed by atoms with E-state index in [-0.39, 0.29) is 17.5 Å². The van der Waals surface area contributed by atoms with Crippen molar-refractivity contribution < 1.29 is 9.66 Å². The third-order valence-electron chi connectivity index (χ3n) is 2.82. The Hall–Kier alpha value is -0.950. The molecule has 1 unspecified atom stereocenters. The molecule has 1 aromatic rings. The van der Waals surface area contributed by atoms with E-state index in [0.717, 1.165) is 12.8 Å². The summed E-state index contributed by atoms with van der Waals surface area (Å²) in [5.74, 6) is -0.151. The van der Waals surface area contributed by atoms with Gasteiger partial charge in [-0.15, -0.1) is 0 Å². The first-order chi connectivity index (χ1) is 7.87. The normalized spacial score (nSPS) is 22.9. The number of rotatable bonds is 3. The standard InChI is InChI=1S/C10H14BrN3O3/c1-10(2)4-3-7(17-10)5-13-6-8(11)9(12-13)14(15)16/h6-7H,3-5H2,1-2H3. The summed E-state index contributed by atoms with van der Waals surface area (Å²) in [7, 11) is 0. The van der Waals surface area contributed by atoms with Crippen molar-refractivity contribution in [2.45, 2.75) is 44.9 Å². The molecule has 0 N–H and O–H groups in total. The Balaban J connectivity index is 2.05. The van der Waals surface area contributed by atoms with Crippen LogP contribution < -0.4 is 0 Å². The van der Waals surface area contributed by atoms with Gasteiger partial charge in [0.2, 0.25) is 0 Å². The molecule has 0 aliphatic carbocycles. The molecule has 1 aliphatic heterocycles. The largest absolute Gasteiger partial charge is 0.404 e. The topological polar surface area (TPSA) is 70.2 Å². The van der Waals surface area contributed by atoms with E-state index >= 15 is 0 Å². The van der Waals surface area contributed by atoms with Crippen LogP contribution in [-0.4, -0.2) is 26.4 Å². The number of aromatic nitrogens is 2. The Labute approximate surface area is 107 Å². The summed E-state index contributed by atoms with van der Waals surface area (Å²) in [5.41, 5.74) is -0.0962. The van der Waals surface area contributed by atoms with E-state index in [0.29, 0.717) is 11.0 Å². The highest BCUT2D eigenvalue weighted by molar-refractivity contribution is 9.10. The van der Waals surface area contributed by atoms with Crippen LogP contribution in [0, 0.1) is 10.1 Å². The Bertz CT molecular complexity index is 444. The number of nitro groups is 1. The maximum atomic E-state index is 10.6. The molecule has 7 heteroatoms. The summed E-state index contributed by atoms with van der Waals surface area (Å²) in [5, 5.41) is 14.6. The predicted octanol–water partition coefficient (Wildman–Crippen LogP) is 2.51. The molecule has 2 rings (SSSR count). The lowest BCUT2D eigenvalue weighted by Crippen LogP contribution is -2.23. The van der Waals surface area contributed by atoms with Gasteiger partial charge in [0.1, 0.15) is 4.47 Å². The van der Waals surface area contributed by atoms with Crippen molar-refractivity contribution in [3.63, 3.8) is 0 Å². The maximum Gasteiger partial charge on any atom is 0.404 e. The first-order valence-corrected chi connectivity index (χ1v) is 6.22.